The summed E-state index contributed by atoms with van der Waals surface area (Å²) in [6.07, 6.45) is 1.68. The molecule has 0 fully saturated rings. The lowest BCUT2D eigenvalue weighted by molar-refractivity contribution is 0.346. The Bertz CT molecular complexity index is 560. The highest BCUT2D eigenvalue weighted by Crippen LogP contribution is 2.35. The Morgan fingerprint density at radius 2 is 1.89 bits per heavy atom. The summed E-state index contributed by atoms with van der Waals surface area (Å²) in [5.41, 5.74) is -0.110. The van der Waals surface area contributed by atoms with Crippen molar-refractivity contribution in [1.82, 2.24) is 9.78 Å². The van der Waals surface area contributed by atoms with Crippen molar-refractivity contribution >= 4 is 27.5 Å². The first-order valence-corrected chi connectivity index (χ1v) is 6.73. The Kier molecular flexibility index (Phi) is 3.69. The number of halogens is 2. The molecule has 0 saturated carbocycles. The van der Waals surface area contributed by atoms with Crippen molar-refractivity contribution in [2.75, 3.05) is 0 Å². The summed E-state index contributed by atoms with van der Waals surface area (Å²) in [4.78, 5) is 0. The lowest BCUT2D eigenvalue weighted by atomic mass is 10.1. The number of rotatable bonds is 2. The monoisotopic (exact) mass is 328 g/mol. The highest BCUT2D eigenvalue weighted by atomic mass is 79.9. The standard InChI is InChI=1S/C13H14BrClN2O/c1-13(2,3)17-12(14)11(8-16-17)18-10-7-5-4-6-9(10)15/h4-8H,1-3H3. The third kappa shape index (κ3) is 2.70. The van der Waals surface area contributed by atoms with Crippen LogP contribution in [0.15, 0.2) is 35.1 Å². The first-order valence-electron chi connectivity index (χ1n) is 5.56. The van der Waals surface area contributed by atoms with Crippen molar-refractivity contribution in [3.63, 3.8) is 0 Å². The summed E-state index contributed by atoms with van der Waals surface area (Å²) in [5.74, 6) is 1.27. The van der Waals surface area contributed by atoms with Gasteiger partial charge in [-0.05, 0) is 48.8 Å². The summed E-state index contributed by atoms with van der Waals surface area (Å²) < 4.78 is 8.41. The highest BCUT2D eigenvalue weighted by Gasteiger charge is 2.20. The number of nitrogens with zero attached hydrogens (tertiary/aromatic N) is 2. The lowest BCUT2D eigenvalue weighted by Crippen LogP contribution is -2.23. The number of aromatic nitrogens is 2. The third-order valence-corrected chi connectivity index (χ3v) is 3.41. The first-order chi connectivity index (χ1) is 8.39. The van der Waals surface area contributed by atoms with Crippen LogP contribution in [-0.4, -0.2) is 9.78 Å². The molecule has 3 nitrogen and oxygen atoms in total. The van der Waals surface area contributed by atoms with E-state index in [9.17, 15) is 0 Å². The van der Waals surface area contributed by atoms with Crippen LogP contribution in [0.4, 0.5) is 0 Å². The molecule has 0 bridgehead atoms. The topological polar surface area (TPSA) is 27.1 Å². The van der Waals surface area contributed by atoms with E-state index in [-0.39, 0.29) is 5.54 Å². The van der Waals surface area contributed by atoms with Gasteiger partial charge in [0.1, 0.15) is 10.4 Å². The Morgan fingerprint density at radius 3 is 2.44 bits per heavy atom. The molecule has 5 heteroatoms. The minimum Gasteiger partial charge on any atom is -0.451 e. The molecule has 0 N–H and O–H groups in total. The van der Waals surface area contributed by atoms with E-state index in [2.05, 4.69) is 41.8 Å². The maximum atomic E-state index is 6.06. The Balaban J connectivity index is 2.32. The van der Waals surface area contributed by atoms with Crippen LogP contribution in [0.3, 0.4) is 0 Å². The second-order valence-corrected chi connectivity index (χ2v) is 6.07. The van der Waals surface area contributed by atoms with Gasteiger partial charge in [-0.1, -0.05) is 23.7 Å². The predicted octanol–water partition coefficient (Wildman–Crippen LogP) is 4.85. The van der Waals surface area contributed by atoms with E-state index in [1.165, 1.54) is 0 Å². The van der Waals surface area contributed by atoms with Crippen molar-refractivity contribution in [3.05, 3.63) is 40.1 Å². The molecule has 0 atom stereocenters. The van der Waals surface area contributed by atoms with Crippen molar-refractivity contribution in [2.45, 2.75) is 26.3 Å². The molecule has 0 aliphatic carbocycles. The summed E-state index contributed by atoms with van der Waals surface area (Å²) in [5, 5.41) is 4.89. The average molecular weight is 330 g/mol. The minimum atomic E-state index is -0.110. The van der Waals surface area contributed by atoms with Crippen molar-refractivity contribution < 1.29 is 4.74 Å². The maximum Gasteiger partial charge on any atom is 0.179 e. The molecule has 0 aliphatic heterocycles. The Morgan fingerprint density at radius 1 is 1.22 bits per heavy atom. The molecule has 1 aromatic heterocycles. The zero-order valence-electron chi connectivity index (χ0n) is 10.4. The lowest BCUT2D eigenvalue weighted by Gasteiger charge is -2.20. The van der Waals surface area contributed by atoms with Crippen molar-refractivity contribution in [3.8, 4) is 11.5 Å². The fourth-order valence-corrected chi connectivity index (χ4v) is 2.48. The molecule has 96 valence electrons. The first kappa shape index (κ1) is 13.4. The van der Waals surface area contributed by atoms with Gasteiger partial charge in [-0.2, -0.15) is 5.10 Å². The normalized spacial score (nSPS) is 11.6. The summed E-state index contributed by atoms with van der Waals surface area (Å²) in [6.45, 7) is 6.22. The van der Waals surface area contributed by atoms with Gasteiger partial charge in [0.25, 0.3) is 0 Å². The number of hydrogen-bond donors (Lipinski definition) is 0. The van der Waals surface area contributed by atoms with Crippen LogP contribution in [0.25, 0.3) is 0 Å². The van der Waals surface area contributed by atoms with Gasteiger partial charge in [0.05, 0.1) is 16.8 Å². The third-order valence-electron chi connectivity index (χ3n) is 2.37. The van der Waals surface area contributed by atoms with Gasteiger partial charge in [-0.25, -0.2) is 4.68 Å². The van der Waals surface area contributed by atoms with Gasteiger partial charge in [-0.3, -0.25) is 0 Å². The molecule has 2 aromatic rings. The molecular weight excluding hydrogens is 316 g/mol. The van der Waals surface area contributed by atoms with Crippen LogP contribution in [0.5, 0.6) is 11.5 Å². The fourth-order valence-electron chi connectivity index (χ4n) is 1.50. The zero-order chi connectivity index (χ0) is 13.3. The van der Waals surface area contributed by atoms with E-state index in [0.29, 0.717) is 16.5 Å². The fraction of sp³-hybridized carbons (Fsp3) is 0.308. The van der Waals surface area contributed by atoms with E-state index in [1.54, 1.807) is 12.3 Å². The molecular formula is C13H14BrClN2O. The molecule has 2 rings (SSSR count). The van der Waals surface area contributed by atoms with E-state index < -0.39 is 0 Å². The number of para-hydroxylation sites is 1. The predicted molar refractivity (Wildman–Crippen MR) is 76.4 cm³/mol. The van der Waals surface area contributed by atoms with Crippen LogP contribution in [0.1, 0.15) is 20.8 Å². The molecule has 18 heavy (non-hydrogen) atoms. The molecule has 0 aliphatic rings. The number of ether oxygens (including phenoxy) is 1. The molecule has 0 spiro atoms. The Labute approximate surface area is 120 Å². The van der Waals surface area contributed by atoms with Crippen molar-refractivity contribution in [1.29, 1.82) is 0 Å². The molecule has 1 aromatic carbocycles. The quantitative estimate of drug-likeness (QED) is 0.788. The number of benzene rings is 1. The van der Waals surface area contributed by atoms with Crippen molar-refractivity contribution in [2.24, 2.45) is 0 Å². The summed E-state index contributed by atoms with van der Waals surface area (Å²) in [7, 11) is 0. The SMILES string of the molecule is CC(C)(C)n1ncc(Oc2ccccc2Cl)c1Br. The van der Waals surface area contributed by atoms with Crippen LogP contribution >= 0.6 is 27.5 Å². The molecule has 0 unspecified atom stereocenters. The minimum absolute atomic E-state index is 0.110. The van der Waals surface area contributed by atoms with E-state index in [4.69, 9.17) is 16.3 Å². The van der Waals surface area contributed by atoms with Gasteiger partial charge in [0.2, 0.25) is 0 Å². The van der Waals surface area contributed by atoms with E-state index in [0.717, 1.165) is 4.60 Å². The van der Waals surface area contributed by atoms with E-state index in [1.807, 2.05) is 22.9 Å². The van der Waals surface area contributed by atoms with Crippen LogP contribution in [-0.2, 0) is 5.54 Å². The Hall–Kier alpha value is -1.000. The average Bonchev–Trinajstić information content (AvgIpc) is 2.63. The second-order valence-electron chi connectivity index (χ2n) is 4.91. The summed E-state index contributed by atoms with van der Waals surface area (Å²) >= 11 is 9.56. The van der Waals surface area contributed by atoms with Gasteiger partial charge in [0.15, 0.2) is 5.75 Å². The molecule has 0 radical (unpaired) electrons. The zero-order valence-corrected chi connectivity index (χ0v) is 12.8. The smallest absolute Gasteiger partial charge is 0.179 e. The molecule has 1 heterocycles. The summed E-state index contributed by atoms with van der Waals surface area (Å²) in [6, 6.07) is 7.36. The van der Waals surface area contributed by atoms with Crippen LogP contribution in [0.2, 0.25) is 5.02 Å². The number of hydrogen-bond acceptors (Lipinski definition) is 2. The van der Waals surface area contributed by atoms with Gasteiger partial charge in [0, 0.05) is 0 Å². The second kappa shape index (κ2) is 4.94. The van der Waals surface area contributed by atoms with E-state index >= 15 is 0 Å². The maximum absolute atomic E-state index is 6.06. The van der Waals surface area contributed by atoms with Crippen LogP contribution < -0.4 is 4.74 Å². The molecule has 0 saturated heterocycles. The highest BCUT2D eigenvalue weighted by molar-refractivity contribution is 9.10. The molecule has 0 amide bonds. The van der Waals surface area contributed by atoms with Crippen LogP contribution in [0, 0.1) is 0 Å². The van der Waals surface area contributed by atoms with Gasteiger partial charge in [-0.15, -0.1) is 0 Å². The largest absolute Gasteiger partial charge is 0.451 e. The van der Waals surface area contributed by atoms with Gasteiger partial charge < -0.3 is 4.74 Å². The van der Waals surface area contributed by atoms with Gasteiger partial charge >= 0.3 is 0 Å².